The van der Waals surface area contributed by atoms with Crippen LogP contribution in [0.5, 0.6) is 5.75 Å². The van der Waals surface area contributed by atoms with Gasteiger partial charge in [-0.2, -0.15) is 13.2 Å². The highest BCUT2D eigenvalue weighted by Gasteiger charge is 2.28. The molecule has 0 saturated heterocycles. The van der Waals surface area contributed by atoms with Crippen molar-refractivity contribution in [3.63, 3.8) is 0 Å². The van der Waals surface area contributed by atoms with Crippen LogP contribution in [0.25, 0.3) is 0 Å². The number of benzene rings is 2. The van der Waals surface area contributed by atoms with E-state index in [4.69, 9.17) is 0 Å². The summed E-state index contributed by atoms with van der Waals surface area (Å²) in [7, 11) is 0. The molecule has 0 spiro atoms. The minimum absolute atomic E-state index is 0.0309. The standard InChI is InChI=1S/C17H16F3N3O4/c18-17(19,20)11-27-13-7-5-12(6-8-13)22-16(24)9-10-21-14-3-1-2-4-15(14)23(25)26/h1-8,21H,9-11H2,(H,22,24). The molecular formula is C17H16F3N3O4. The van der Waals surface area contributed by atoms with Crippen molar-refractivity contribution in [3.8, 4) is 5.75 Å². The molecule has 2 rings (SSSR count). The largest absolute Gasteiger partial charge is 0.484 e. The summed E-state index contributed by atoms with van der Waals surface area (Å²) in [5, 5.41) is 16.3. The highest BCUT2D eigenvalue weighted by molar-refractivity contribution is 5.91. The lowest BCUT2D eigenvalue weighted by Gasteiger charge is -2.10. The van der Waals surface area contributed by atoms with Crippen molar-refractivity contribution in [3.05, 3.63) is 58.6 Å². The van der Waals surface area contributed by atoms with Gasteiger partial charge in [-0.25, -0.2) is 0 Å². The number of para-hydroxylation sites is 2. The second-order valence-electron chi connectivity index (χ2n) is 5.43. The van der Waals surface area contributed by atoms with Crippen molar-refractivity contribution < 1.29 is 27.6 Å². The van der Waals surface area contributed by atoms with Crippen molar-refractivity contribution in [2.24, 2.45) is 0 Å². The Labute approximate surface area is 152 Å². The highest BCUT2D eigenvalue weighted by Crippen LogP contribution is 2.23. The van der Waals surface area contributed by atoms with Crippen LogP contribution in [-0.2, 0) is 4.79 Å². The molecule has 0 aromatic heterocycles. The zero-order chi connectivity index (χ0) is 19.9. The molecule has 0 aliphatic rings. The van der Waals surface area contributed by atoms with Gasteiger partial charge in [0.05, 0.1) is 4.92 Å². The molecule has 0 atom stereocenters. The van der Waals surface area contributed by atoms with E-state index in [2.05, 4.69) is 15.4 Å². The van der Waals surface area contributed by atoms with E-state index in [0.717, 1.165) is 0 Å². The summed E-state index contributed by atoms with van der Waals surface area (Å²) in [6.07, 6.45) is -4.38. The van der Waals surface area contributed by atoms with Gasteiger partial charge in [-0.15, -0.1) is 0 Å². The normalized spacial score (nSPS) is 10.9. The number of carbonyl (C=O) groups excluding carboxylic acids is 1. The molecule has 2 aromatic rings. The lowest BCUT2D eigenvalue weighted by atomic mass is 10.2. The van der Waals surface area contributed by atoms with Crippen LogP contribution in [-0.4, -0.2) is 30.2 Å². The van der Waals surface area contributed by atoms with E-state index in [-0.39, 0.29) is 30.3 Å². The average molecular weight is 383 g/mol. The fourth-order valence-corrected chi connectivity index (χ4v) is 2.12. The lowest BCUT2D eigenvalue weighted by Crippen LogP contribution is -2.19. The summed E-state index contributed by atoms with van der Waals surface area (Å²) < 4.78 is 40.8. The quantitative estimate of drug-likeness (QED) is 0.531. The number of rotatable bonds is 8. The first kappa shape index (κ1) is 20.0. The van der Waals surface area contributed by atoms with Crippen molar-refractivity contribution in [1.82, 2.24) is 0 Å². The topological polar surface area (TPSA) is 93.5 Å². The number of alkyl halides is 3. The van der Waals surface area contributed by atoms with Crippen LogP contribution in [0.15, 0.2) is 48.5 Å². The summed E-state index contributed by atoms with van der Waals surface area (Å²) >= 11 is 0. The Hall–Kier alpha value is -3.30. The Morgan fingerprint density at radius 2 is 1.78 bits per heavy atom. The summed E-state index contributed by atoms with van der Waals surface area (Å²) in [5.74, 6) is -0.326. The summed E-state index contributed by atoms with van der Waals surface area (Å²) in [6.45, 7) is -1.22. The van der Waals surface area contributed by atoms with E-state index >= 15 is 0 Å². The summed E-state index contributed by atoms with van der Waals surface area (Å²) in [6, 6.07) is 11.5. The van der Waals surface area contributed by atoms with Gasteiger partial charge in [-0.1, -0.05) is 12.1 Å². The van der Waals surface area contributed by atoms with Gasteiger partial charge in [-0.05, 0) is 30.3 Å². The van der Waals surface area contributed by atoms with Crippen molar-refractivity contribution in [2.75, 3.05) is 23.8 Å². The molecule has 7 nitrogen and oxygen atoms in total. The molecule has 0 unspecified atom stereocenters. The van der Waals surface area contributed by atoms with Gasteiger partial charge in [0.25, 0.3) is 5.69 Å². The average Bonchev–Trinajstić information content (AvgIpc) is 2.61. The molecule has 27 heavy (non-hydrogen) atoms. The molecule has 10 heteroatoms. The molecule has 0 aliphatic carbocycles. The Morgan fingerprint density at radius 3 is 2.41 bits per heavy atom. The van der Waals surface area contributed by atoms with Crippen molar-refractivity contribution in [2.45, 2.75) is 12.6 Å². The number of hydrogen-bond donors (Lipinski definition) is 2. The zero-order valence-corrected chi connectivity index (χ0v) is 14.0. The smallest absolute Gasteiger partial charge is 0.422 e. The van der Waals surface area contributed by atoms with E-state index < -0.39 is 17.7 Å². The van der Waals surface area contributed by atoms with Crippen molar-refractivity contribution >= 4 is 23.0 Å². The highest BCUT2D eigenvalue weighted by atomic mass is 19.4. The Balaban J connectivity index is 1.80. The fourth-order valence-electron chi connectivity index (χ4n) is 2.12. The van der Waals surface area contributed by atoms with Crippen LogP contribution < -0.4 is 15.4 Å². The lowest BCUT2D eigenvalue weighted by molar-refractivity contribution is -0.384. The Kier molecular flexibility index (Phi) is 6.58. The number of ether oxygens (including phenoxy) is 1. The molecule has 1 amide bonds. The van der Waals surface area contributed by atoms with Crippen molar-refractivity contribution in [1.29, 1.82) is 0 Å². The molecule has 0 fully saturated rings. The second-order valence-corrected chi connectivity index (χ2v) is 5.43. The number of hydrogen-bond acceptors (Lipinski definition) is 5. The summed E-state index contributed by atoms with van der Waals surface area (Å²) in [4.78, 5) is 22.3. The number of nitrogens with one attached hydrogen (secondary N) is 2. The van der Waals surface area contributed by atoms with E-state index in [1.165, 1.54) is 42.5 Å². The number of carbonyl (C=O) groups is 1. The van der Waals surface area contributed by atoms with Crippen LogP contribution in [0.4, 0.5) is 30.2 Å². The maximum atomic E-state index is 12.1. The molecule has 0 heterocycles. The van der Waals surface area contributed by atoms with Gasteiger partial charge >= 0.3 is 6.18 Å². The number of nitrogens with zero attached hydrogens (tertiary/aromatic N) is 1. The third-order valence-corrected chi connectivity index (χ3v) is 3.31. The van der Waals surface area contributed by atoms with Crippen LogP contribution in [0.1, 0.15) is 6.42 Å². The molecular weight excluding hydrogens is 367 g/mol. The van der Waals surface area contributed by atoms with Gasteiger partial charge in [0.15, 0.2) is 6.61 Å². The summed E-state index contributed by atoms with van der Waals surface area (Å²) in [5.41, 5.74) is 0.610. The first-order valence-corrected chi connectivity index (χ1v) is 7.81. The molecule has 0 aliphatic heterocycles. The van der Waals surface area contributed by atoms with Gasteiger partial charge in [-0.3, -0.25) is 14.9 Å². The van der Waals surface area contributed by atoms with Gasteiger partial charge in [0.2, 0.25) is 5.91 Å². The number of halogens is 3. The number of nitro benzene ring substituents is 1. The number of anilines is 2. The molecule has 144 valence electrons. The maximum absolute atomic E-state index is 12.1. The third-order valence-electron chi connectivity index (χ3n) is 3.31. The second kappa shape index (κ2) is 8.88. The van der Waals surface area contributed by atoms with Crippen LogP contribution >= 0.6 is 0 Å². The zero-order valence-electron chi connectivity index (χ0n) is 14.0. The first-order chi connectivity index (χ1) is 12.7. The third kappa shape index (κ3) is 6.84. The monoisotopic (exact) mass is 383 g/mol. The predicted molar refractivity (Wildman–Crippen MR) is 92.8 cm³/mol. The van der Waals surface area contributed by atoms with Gasteiger partial charge < -0.3 is 15.4 Å². The Morgan fingerprint density at radius 1 is 1.11 bits per heavy atom. The van der Waals surface area contributed by atoms with Crippen LogP contribution in [0, 0.1) is 10.1 Å². The Bertz CT molecular complexity index is 795. The van der Waals surface area contributed by atoms with E-state index in [1.54, 1.807) is 6.07 Å². The molecule has 0 radical (unpaired) electrons. The minimum atomic E-state index is -4.42. The SMILES string of the molecule is O=C(CCNc1ccccc1[N+](=O)[O-])Nc1ccc(OCC(F)(F)F)cc1. The van der Waals surface area contributed by atoms with Gasteiger partial charge in [0, 0.05) is 24.7 Å². The van der Waals surface area contributed by atoms with Gasteiger partial charge in [0.1, 0.15) is 11.4 Å². The molecule has 2 N–H and O–H groups in total. The van der Waals surface area contributed by atoms with E-state index in [0.29, 0.717) is 11.4 Å². The number of amides is 1. The van der Waals surface area contributed by atoms with E-state index in [1.807, 2.05) is 0 Å². The van der Waals surface area contributed by atoms with E-state index in [9.17, 15) is 28.1 Å². The van der Waals surface area contributed by atoms with Crippen LogP contribution in [0.3, 0.4) is 0 Å². The first-order valence-electron chi connectivity index (χ1n) is 7.81. The molecule has 2 aromatic carbocycles. The maximum Gasteiger partial charge on any atom is 0.422 e. The van der Waals surface area contributed by atoms with Crippen LogP contribution in [0.2, 0.25) is 0 Å². The predicted octanol–water partition coefficient (Wildman–Crippen LogP) is 3.98. The molecule has 0 bridgehead atoms. The molecule has 0 saturated carbocycles. The fraction of sp³-hybridized carbons (Fsp3) is 0.235. The minimum Gasteiger partial charge on any atom is -0.484 e. The number of nitro groups is 1.